The van der Waals surface area contributed by atoms with Gasteiger partial charge in [-0.25, -0.2) is 9.78 Å². The highest BCUT2D eigenvalue weighted by molar-refractivity contribution is 5.96. The predicted octanol–water partition coefficient (Wildman–Crippen LogP) is 0.295. The Bertz CT molecular complexity index is 532. The van der Waals surface area contributed by atoms with E-state index in [4.69, 9.17) is 16.2 Å². The number of anilines is 2. The van der Waals surface area contributed by atoms with E-state index in [1.54, 1.807) is 17.9 Å². The predicted molar refractivity (Wildman–Crippen MR) is 74.2 cm³/mol. The van der Waals surface area contributed by atoms with Crippen molar-refractivity contribution in [2.75, 3.05) is 23.8 Å². The molecule has 0 bridgehead atoms. The van der Waals surface area contributed by atoms with Crippen molar-refractivity contribution in [1.82, 2.24) is 4.98 Å². The second-order valence-electron chi connectivity index (χ2n) is 4.60. The van der Waals surface area contributed by atoms with E-state index in [9.17, 15) is 9.59 Å². The van der Waals surface area contributed by atoms with Gasteiger partial charge in [0.05, 0.1) is 24.1 Å². The van der Waals surface area contributed by atoms with E-state index in [-0.39, 0.29) is 29.8 Å². The molecule has 1 unspecified atom stereocenters. The van der Waals surface area contributed by atoms with Gasteiger partial charge < -0.3 is 21.1 Å². The van der Waals surface area contributed by atoms with Gasteiger partial charge in [0.25, 0.3) is 0 Å². The van der Waals surface area contributed by atoms with Crippen LogP contribution in [0, 0.1) is 0 Å². The number of rotatable bonds is 4. The van der Waals surface area contributed by atoms with E-state index < -0.39 is 5.97 Å². The number of carbonyl (C=O) groups is 2. The Balaban J connectivity index is 2.31. The largest absolute Gasteiger partial charge is 0.462 e. The van der Waals surface area contributed by atoms with Crippen LogP contribution in [0.15, 0.2) is 12.3 Å². The Morgan fingerprint density at radius 1 is 1.55 bits per heavy atom. The smallest absolute Gasteiger partial charge is 0.340 e. The molecule has 2 heterocycles. The quantitative estimate of drug-likeness (QED) is 0.766. The van der Waals surface area contributed by atoms with Crippen LogP contribution in [0.5, 0.6) is 0 Å². The molecule has 108 valence electrons. The Hall–Kier alpha value is -2.31. The van der Waals surface area contributed by atoms with Crippen LogP contribution in [-0.2, 0) is 9.53 Å². The van der Waals surface area contributed by atoms with Crippen LogP contribution in [0.25, 0.3) is 0 Å². The first-order valence-corrected chi connectivity index (χ1v) is 6.53. The fraction of sp³-hybridized carbons (Fsp3) is 0.462. The number of amides is 1. The Morgan fingerprint density at radius 2 is 2.30 bits per heavy atom. The maximum absolute atomic E-state index is 11.8. The molecular weight excluding hydrogens is 260 g/mol. The van der Waals surface area contributed by atoms with Crippen molar-refractivity contribution in [2.45, 2.75) is 25.8 Å². The fourth-order valence-corrected chi connectivity index (χ4v) is 2.33. The Labute approximate surface area is 116 Å². The number of primary amides is 1. The molecule has 1 aliphatic heterocycles. The molecule has 7 nitrogen and oxygen atoms in total. The van der Waals surface area contributed by atoms with Gasteiger partial charge in [-0.2, -0.15) is 0 Å². The molecule has 0 saturated carbocycles. The SMILES string of the molecule is CCOC(=O)c1cc(N2CCCC2C(N)=O)ncc1N. The number of pyridine rings is 1. The van der Waals surface area contributed by atoms with Gasteiger partial charge in [0.1, 0.15) is 11.9 Å². The minimum absolute atomic E-state index is 0.252. The van der Waals surface area contributed by atoms with Crippen molar-refractivity contribution in [1.29, 1.82) is 0 Å². The monoisotopic (exact) mass is 278 g/mol. The van der Waals surface area contributed by atoms with E-state index >= 15 is 0 Å². The second-order valence-corrected chi connectivity index (χ2v) is 4.60. The van der Waals surface area contributed by atoms with Crippen LogP contribution in [0.4, 0.5) is 11.5 Å². The third kappa shape index (κ3) is 2.66. The van der Waals surface area contributed by atoms with Gasteiger partial charge in [-0.1, -0.05) is 0 Å². The van der Waals surface area contributed by atoms with Crippen LogP contribution in [-0.4, -0.2) is 36.1 Å². The summed E-state index contributed by atoms with van der Waals surface area (Å²) in [6, 6.07) is 1.16. The summed E-state index contributed by atoms with van der Waals surface area (Å²) in [6.07, 6.45) is 2.95. The molecule has 1 aliphatic rings. The van der Waals surface area contributed by atoms with E-state index in [0.29, 0.717) is 18.8 Å². The van der Waals surface area contributed by atoms with E-state index in [2.05, 4.69) is 4.98 Å². The highest BCUT2D eigenvalue weighted by atomic mass is 16.5. The zero-order valence-corrected chi connectivity index (χ0v) is 11.3. The van der Waals surface area contributed by atoms with Gasteiger partial charge in [0.15, 0.2) is 0 Å². The molecule has 4 N–H and O–H groups in total. The molecule has 1 saturated heterocycles. The summed E-state index contributed by atoms with van der Waals surface area (Å²) in [5.41, 5.74) is 11.6. The lowest BCUT2D eigenvalue weighted by atomic mass is 10.2. The van der Waals surface area contributed by atoms with E-state index in [1.807, 2.05) is 0 Å². The third-order valence-corrected chi connectivity index (χ3v) is 3.29. The van der Waals surface area contributed by atoms with Crippen molar-refractivity contribution in [2.24, 2.45) is 5.73 Å². The lowest BCUT2D eigenvalue weighted by Gasteiger charge is -2.23. The van der Waals surface area contributed by atoms with Gasteiger partial charge in [-0.3, -0.25) is 4.79 Å². The molecule has 0 aliphatic carbocycles. The zero-order valence-electron chi connectivity index (χ0n) is 11.3. The molecular formula is C13H18N4O3. The Kier molecular flexibility index (Phi) is 4.07. The number of ether oxygens (including phenoxy) is 1. The highest BCUT2D eigenvalue weighted by Gasteiger charge is 2.30. The minimum Gasteiger partial charge on any atom is -0.462 e. The average molecular weight is 278 g/mol. The molecule has 0 spiro atoms. The van der Waals surface area contributed by atoms with E-state index in [0.717, 1.165) is 6.42 Å². The summed E-state index contributed by atoms with van der Waals surface area (Å²) in [7, 11) is 0. The number of carbonyl (C=O) groups excluding carboxylic acids is 2. The van der Waals surface area contributed by atoms with Gasteiger partial charge in [0, 0.05) is 6.54 Å². The van der Waals surface area contributed by atoms with Gasteiger partial charge in [-0.05, 0) is 25.8 Å². The molecule has 1 fully saturated rings. The number of esters is 1. The first kappa shape index (κ1) is 14.1. The van der Waals surface area contributed by atoms with Gasteiger partial charge >= 0.3 is 5.97 Å². The molecule has 1 aromatic heterocycles. The molecule has 0 aromatic carbocycles. The zero-order chi connectivity index (χ0) is 14.7. The summed E-state index contributed by atoms with van der Waals surface area (Å²) in [6.45, 7) is 2.66. The van der Waals surface area contributed by atoms with Crippen molar-refractivity contribution in [3.8, 4) is 0 Å². The third-order valence-electron chi connectivity index (χ3n) is 3.29. The average Bonchev–Trinajstić information content (AvgIpc) is 2.89. The number of nitrogens with zero attached hydrogens (tertiary/aromatic N) is 2. The maximum Gasteiger partial charge on any atom is 0.340 e. The first-order valence-electron chi connectivity index (χ1n) is 6.53. The number of nitrogens with two attached hydrogens (primary N) is 2. The minimum atomic E-state index is -0.497. The summed E-state index contributed by atoms with van der Waals surface area (Å²) >= 11 is 0. The number of hydrogen-bond acceptors (Lipinski definition) is 6. The summed E-state index contributed by atoms with van der Waals surface area (Å²) in [5.74, 6) is -0.370. The van der Waals surface area contributed by atoms with E-state index in [1.165, 1.54) is 6.20 Å². The van der Waals surface area contributed by atoms with Crippen LogP contribution < -0.4 is 16.4 Å². The lowest BCUT2D eigenvalue weighted by molar-refractivity contribution is -0.119. The van der Waals surface area contributed by atoms with Crippen LogP contribution in [0.1, 0.15) is 30.1 Å². The summed E-state index contributed by atoms with van der Waals surface area (Å²) in [5, 5.41) is 0. The molecule has 7 heteroatoms. The fourth-order valence-electron chi connectivity index (χ4n) is 2.33. The molecule has 20 heavy (non-hydrogen) atoms. The molecule has 1 amide bonds. The number of nitrogen functional groups attached to an aromatic ring is 1. The maximum atomic E-state index is 11.8. The molecule has 0 radical (unpaired) electrons. The highest BCUT2D eigenvalue weighted by Crippen LogP contribution is 2.26. The van der Waals surface area contributed by atoms with Crippen molar-refractivity contribution >= 4 is 23.4 Å². The van der Waals surface area contributed by atoms with Crippen molar-refractivity contribution < 1.29 is 14.3 Å². The van der Waals surface area contributed by atoms with Crippen LogP contribution in [0.3, 0.4) is 0 Å². The summed E-state index contributed by atoms with van der Waals surface area (Å²) in [4.78, 5) is 29.2. The standard InChI is InChI=1S/C13H18N4O3/c1-2-20-13(19)8-6-11(16-7-9(8)14)17-5-3-4-10(17)12(15)18/h6-7,10H,2-5,14H2,1H3,(H2,15,18). The van der Waals surface area contributed by atoms with Crippen LogP contribution in [0.2, 0.25) is 0 Å². The summed E-state index contributed by atoms with van der Waals surface area (Å²) < 4.78 is 4.94. The topological polar surface area (TPSA) is 112 Å². The number of hydrogen-bond donors (Lipinski definition) is 2. The van der Waals surface area contributed by atoms with Gasteiger partial charge in [-0.15, -0.1) is 0 Å². The molecule has 2 rings (SSSR count). The normalized spacial score (nSPS) is 18.1. The molecule has 1 aromatic rings. The van der Waals surface area contributed by atoms with Crippen molar-refractivity contribution in [3.63, 3.8) is 0 Å². The number of aromatic nitrogens is 1. The Morgan fingerprint density at radius 3 is 2.95 bits per heavy atom. The van der Waals surface area contributed by atoms with Gasteiger partial charge in [0.2, 0.25) is 5.91 Å². The lowest BCUT2D eigenvalue weighted by Crippen LogP contribution is -2.40. The second kappa shape index (κ2) is 5.77. The molecule has 1 atom stereocenters. The van der Waals surface area contributed by atoms with Crippen LogP contribution >= 0.6 is 0 Å². The first-order chi connectivity index (χ1) is 9.54. The van der Waals surface area contributed by atoms with Crippen molar-refractivity contribution in [3.05, 3.63) is 17.8 Å².